The molecule has 31 heavy (non-hydrogen) atoms. The highest BCUT2D eigenvalue weighted by Gasteiger charge is 2.29. The highest BCUT2D eigenvalue weighted by Crippen LogP contribution is 2.29. The molecule has 0 aliphatic carbocycles. The van der Waals surface area contributed by atoms with E-state index in [2.05, 4.69) is 14.9 Å². The van der Waals surface area contributed by atoms with Crippen molar-refractivity contribution in [2.75, 3.05) is 31.6 Å². The van der Waals surface area contributed by atoms with Crippen molar-refractivity contribution in [1.82, 2.24) is 14.9 Å². The van der Waals surface area contributed by atoms with E-state index in [0.29, 0.717) is 47.6 Å². The van der Waals surface area contributed by atoms with Gasteiger partial charge in [0.2, 0.25) is 5.88 Å². The van der Waals surface area contributed by atoms with Gasteiger partial charge in [-0.15, -0.1) is 0 Å². The predicted octanol–water partition coefficient (Wildman–Crippen LogP) is 4.28. The molecule has 1 aromatic heterocycles. The lowest BCUT2D eigenvalue weighted by Gasteiger charge is -2.40. The summed E-state index contributed by atoms with van der Waals surface area (Å²) < 4.78 is 11.1. The van der Waals surface area contributed by atoms with Crippen LogP contribution in [0.5, 0.6) is 17.4 Å². The minimum atomic E-state index is -0.00326. The quantitative estimate of drug-likeness (QED) is 0.592. The number of carbonyl (C=O) groups excluding carboxylic acids is 1. The third-order valence-corrected chi connectivity index (χ3v) is 5.52. The van der Waals surface area contributed by atoms with E-state index in [4.69, 9.17) is 21.1 Å². The molecule has 1 amide bonds. The van der Waals surface area contributed by atoms with Gasteiger partial charge >= 0.3 is 0 Å². The highest BCUT2D eigenvalue weighted by atomic mass is 35.5. The van der Waals surface area contributed by atoms with Gasteiger partial charge in [0.1, 0.15) is 23.6 Å². The number of para-hydroxylation sites is 1. The molecular weight excluding hydrogens is 416 g/mol. The number of amides is 1. The van der Waals surface area contributed by atoms with Crippen molar-refractivity contribution in [3.05, 3.63) is 71.5 Å². The van der Waals surface area contributed by atoms with Gasteiger partial charge in [-0.1, -0.05) is 29.8 Å². The molecule has 1 fully saturated rings. The van der Waals surface area contributed by atoms with Crippen LogP contribution < -0.4 is 14.4 Å². The van der Waals surface area contributed by atoms with Crippen molar-refractivity contribution in [2.24, 2.45) is 0 Å². The fourth-order valence-electron chi connectivity index (χ4n) is 3.59. The Balaban J connectivity index is 1.45. The second-order valence-electron chi connectivity index (χ2n) is 7.27. The van der Waals surface area contributed by atoms with E-state index in [1.807, 2.05) is 42.2 Å². The number of rotatable bonds is 5. The standard InChI is InChI=1S/C23H23ClN4O3/c1-16-14-27(10-11-28(16)23(29)17-6-5-7-18(12-17)30-2)21-13-22(26-15-25-21)31-20-9-4-3-8-19(20)24/h3-9,12-13,15-16H,10-11,14H2,1-2H3. The van der Waals surface area contributed by atoms with E-state index < -0.39 is 0 Å². The van der Waals surface area contributed by atoms with Gasteiger partial charge in [0.25, 0.3) is 5.91 Å². The molecule has 0 saturated carbocycles. The van der Waals surface area contributed by atoms with E-state index >= 15 is 0 Å². The summed E-state index contributed by atoms with van der Waals surface area (Å²) in [6, 6.07) is 16.3. The number of aromatic nitrogens is 2. The van der Waals surface area contributed by atoms with Crippen LogP contribution in [0.3, 0.4) is 0 Å². The molecule has 7 nitrogen and oxygen atoms in total. The summed E-state index contributed by atoms with van der Waals surface area (Å²) in [5, 5.41) is 0.515. The lowest BCUT2D eigenvalue weighted by molar-refractivity contribution is 0.0673. The minimum absolute atomic E-state index is 0.00326. The van der Waals surface area contributed by atoms with E-state index in [9.17, 15) is 4.79 Å². The van der Waals surface area contributed by atoms with Crippen LogP contribution in [-0.2, 0) is 0 Å². The lowest BCUT2D eigenvalue weighted by Crippen LogP contribution is -2.54. The van der Waals surface area contributed by atoms with Crippen LogP contribution in [0.15, 0.2) is 60.9 Å². The van der Waals surface area contributed by atoms with Gasteiger partial charge in [-0.25, -0.2) is 9.97 Å². The Morgan fingerprint density at radius 3 is 2.71 bits per heavy atom. The van der Waals surface area contributed by atoms with Gasteiger partial charge in [-0.3, -0.25) is 4.79 Å². The Morgan fingerprint density at radius 1 is 1.10 bits per heavy atom. The molecule has 1 atom stereocenters. The van der Waals surface area contributed by atoms with Crippen molar-refractivity contribution >= 4 is 23.3 Å². The number of piperazine rings is 1. The molecule has 0 radical (unpaired) electrons. The zero-order valence-corrected chi connectivity index (χ0v) is 18.1. The van der Waals surface area contributed by atoms with Gasteiger partial charge in [-0.2, -0.15) is 0 Å². The third kappa shape index (κ3) is 4.72. The molecular formula is C23H23ClN4O3. The number of carbonyl (C=O) groups is 1. The Hall–Kier alpha value is -3.32. The molecule has 0 bridgehead atoms. The summed E-state index contributed by atoms with van der Waals surface area (Å²) in [7, 11) is 1.59. The van der Waals surface area contributed by atoms with E-state index in [0.717, 1.165) is 5.82 Å². The average Bonchev–Trinajstić information content (AvgIpc) is 2.80. The summed E-state index contributed by atoms with van der Waals surface area (Å²) in [5.41, 5.74) is 0.622. The first-order chi connectivity index (χ1) is 15.0. The lowest BCUT2D eigenvalue weighted by atomic mass is 10.1. The largest absolute Gasteiger partial charge is 0.497 e. The maximum atomic E-state index is 13.0. The van der Waals surface area contributed by atoms with Crippen LogP contribution in [-0.4, -0.2) is 53.6 Å². The Labute approximate surface area is 186 Å². The number of methoxy groups -OCH3 is 1. The topological polar surface area (TPSA) is 67.8 Å². The summed E-state index contributed by atoms with van der Waals surface area (Å²) in [4.78, 5) is 25.6. The van der Waals surface area contributed by atoms with Crippen LogP contribution in [0.25, 0.3) is 0 Å². The Bertz CT molecular complexity index is 1080. The van der Waals surface area contributed by atoms with Crippen LogP contribution >= 0.6 is 11.6 Å². The number of hydrogen-bond acceptors (Lipinski definition) is 6. The van der Waals surface area contributed by atoms with Gasteiger partial charge in [0, 0.05) is 37.3 Å². The number of halogens is 1. The molecule has 1 aliphatic heterocycles. The molecule has 8 heteroatoms. The van der Waals surface area contributed by atoms with E-state index in [1.165, 1.54) is 6.33 Å². The second-order valence-corrected chi connectivity index (χ2v) is 7.68. The monoisotopic (exact) mass is 438 g/mol. The first-order valence-corrected chi connectivity index (χ1v) is 10.4. The summed E-state index contributed by atoms with van der Waals surface area (Å²) >= 11 is 6.17. The molecule has 0 spiro atoms. The number of nitrogens with zero attached hydrogens (tertiary/aromatic N) is 4. The minimum Gasteiger partial charge on any atom is -0.497 e. The molecule has 0 N–H and O–H groups in total. The first-order valence-electron chi connectivity index (χ1n) is 9.99. The zero-order valence-electron chi connectivity index (χ0n) is 17.4. The van der Waals surface area contributed by atoms with Gasteiger partial charge in [-0.05, 0) is 37.3 Å². The first kappa shape index (κ1) is 20.9. The van der Waals surface area contributed by atoms with Crippen molar-refractivity contribution in [3.63, 3.8) is 0 Å². The second kappa shape index (κ2) is 9.22. The van der Waals surface area contributed by atoms with Crippen LogP contribution in [0.4, 0.5) is 5.82 Å². The SMILES string of the molecule is COc1cccc(C(=O)N2CCN(c3cc(Oc4ccccc4Cl)ncn3)CC2C)c1. The predicted molar refractivity (Wildman–Crippen MR) is 119 cm³/mol. The maximum absolute atomic E-state index is 13.0. The molecule has 2 heterocycles. The summed E-state index contributed by atoms with van der Waals surface area (Å²) in [6.07, 6.45) is 1.47. The fraction of sp³-hybridized carbons (Fsp3) is 0.261. The maximum Gasteiger partial charge on any atom is 0.254 e. The Kier molecular flexibility index (Phi) is 6.23. The number of benzene rings is 2. The molecule has 1 aliphatic rings. The smallest absolute Gasteiger partial charge is 0.254 e. The molecule has 1 unspecified atom stereocenters. The third-order valence-electron chi connectivity index (χ3n) is 5.21. The van der Waals surface area contributed by atoms with Crippen molar-refractivity contribution in [1.29, 1.82) is 0 Å². The molecule has 160 valence electrons. The van der Waals surface area contributed by atoms with Crippen molar-refractivity contribution in [2.45, 2.75) is 13.0 Å². The number of anilines is 1. The van der Waals surface area contributed by atoms with E-state index in [1.54, 1.807) is 31.4 Å². The van der Waals surface area contributed by atoms with Crippen molar-refractivity contribution < 1.29 is 14.3 Å². The Morgan fingerprint density at radius 2 is 1.94 bits per heavy atom. The van der Waals surface area contributed by atoms with Crippen LogP contribution in [0.2, 0.25) is 5.02 Å². The van der Waals surface area contributed by atoms with Crippen LogP contribution in [0.1, 0.15) is 17.3 Å². The van der Waals surface area contributed by atoms with Gasteiger partial charge in [0.15, 0.2) is 0 Å². The highest BCUT2D eigenvalue weighted by molar-refractivity contribution is 6.32. The average molecular weight is 439 g/mol. The zero-order chi connectivity index (χ0) is 21.8. The molecule has 1 saturated heterocycles. The molecule has 4 rings (SSSR count). The fourth-order valence-corrected chi connectivity index (χ4v) is 3.76. The number of hydrogen-bond donors (Lipinski definition) is 0. The van der Waals surface area contributed by atoms with E-state index in [-0.39, 0.29) is 11.9 Å². The number of ether oxygens (including phenoxy) is 2. The van der Waals surface area contributed by atoms with Gasteiger partial charge in [0.05, 0.1) is 12.1 Å². The summed E-state index contributed by atoms with van der Waals surface area (Å²) in [6.45, 7) is 3.93. The normalized spacial score (nSPS) is 16.2. The molecule has 3 aromatic rings. The van der Waals surface area contributed by atoms with Crippen LogP contribution in [0, 0.1) is 0 Å². The summed E-state index contributed by atoms with van der Waals surface area (Å²) in [5.74, 6) is 2.37. The van der Waals surface area contributed by atoms with Crippen molar-refractivity contribution in [3.8, 4) is 17.4 Å². The van der Waals surface area contributed by atoms with Gasteiger partial charge < -0.3 is 19.3 Å². The molecule has 2 aromatic carbocycles.